The maximum atomic E-state index is 6.19. The van der Waals surface area contributed by atoms with Crippen LogP contribution in [0, 0.1) is 0 Å². The number of thiophene rings is 1. The van der Waals surface area contributed by atoms with Crippen LogP contribution in [-0.2, 0) is 4.74 Å². The average molecular weight is 290 g/mol. The Morgan fingerprint density at radius 3 is 2.85 bits per heavy atom. The van der Waals surface area contributed by atoms with E-state index in [1.165, 1.54) is 28.5 Å². The van der Waals surface area contributed by atoms with Gasteiger partial charge in [0.25, 0.3) is 0 Å². The molecular weight excluding hydrogens is 268 g/mol. The van der Waals surface area contributed by atoms with Crippen molar-refractivity contribution in [1.82, 2.24) is 5.43 Å². The van der Waals surface area contributed by atoms with Gasteiger partial charge in [-0.2, -0.15) is 0 Å². The quantitative estimate of drug-likeness (QED) is 0.651. The number of hydrogen-bond acceptors (Lipinski definition) is 4. The molecule has 3 N–H and O–H groups in total. The summed E-state index contributed by atoms with van der Waals surface area (Å²) in [6.45, 7) is 2.80. The molecule has 1 saturated carbocycles. The van der Waals surface area contributed by atoms with Crippen molar-refractivity contribution in [3.8, 4) is 0 Å². The van der Waals surface area contributed by atoms with E-state index in [0.717, 1.165) is 19.4 Å². The molecule has 0 bridgehead atoms. The Bertz CT molecular complexity index is 575. The standard InChI is InChI=1S/C16H22N2OS/c1-2-19-16(9-3-4-10-16)15(18-17)13-7-5-6-12-8-11-20-14(12)13/h5-8,11,15,18H,2-4,9-10,17H2,1H3. The van der Waals surface area contributed by atoms with Crippen LogP contribution in [0.3, 0.4) is 0 Å². The molecule has 1 aromatic carbocycles. The summed E-state index contributed by atoms with van der Waals surface area (Å²) >= 11 is 1.78. The Balaban J connectivity index is 2.06. The highest BCUT2D eigenvalue weighted by atomic mass is 32.1. The van der Waals surface area contributed by atoms with Gasteiger partial charge in [0.05, 0.1) is 11.6 Å². The van der Waals surface area contributed by atoms with Gasteiger partial charge in [-0.1, -0.05) is 31.0 Å². The van der Waals surface area contributed by atoms with Crippen molar-refractivity contribution in [3.63, 3.8) is 0 Å². The molecule has 1 aliphatic carbocycles. The zero-order valence-electron chi connectivity index (χ0n) is 11.9. The van der Waals surface area contributed by atoms with Gasteiger partial charge in [0.1, 0.15) is 0 Å². The summed E-state index contributed by atoms with van der Waals surface area (Å²) in [7, 11) is 0. The molecule has 3 rings (SSSR count). The highest BCUT2D eigenvalue weighted by Crippen LogP contribution is 2.44. The highest BCUT2D eigenvalue weighted by Gasteiger charge is 2.43. The second-order valence-corrected chi connectivity index (χ2v) is 6.41. The molecule has 0 aliphatic heterocycles. The number of benzene rings is 1. The molecule has 0 saturated heterocycles. The molecule has 1 atom stereocenters. The Morgan fingerprint density at radius 2 is 2.15 bits per heavy atom. The van der Waals surface area contributed by atoms with E-state index < -0.39 is 0 Å². The maximum Gasteiger partial charge on any atom is 0.0889 e. The van der Waals surface area contributed by atoms with Crippen LogP contribution >= 0.6 is 11.3 Å². The molecule has 1 fully saturated rings. The van der Waals surface area contributed by atoms with Crippen LogP contribution in [0.15, 0.2) is 29.6 Å². The Morgan fingerprint density at radius 1 is 1.35 bits per heavy atom. The van der Waals surface area contributed by atoms with Gasteiger partial charge in [0.2, 0.25) is 0 Å². The third kappa shape index (κ3) is 2.27. The van der Waals surface area contributed by atoms with Gasteiger partial charge >= 0.3 is 0 Å². The first-order valence-electron chi connectivity index (χ1n) is 7.37. The van der Waals surface area contributed by atoms with Crippen molar-refractivity contribution in [2.24, 2.45) is 5.84 Å². The number of fused-ring (bicyclic) bond motifs is 1. The summed E-state index contributed by atoms with van der Waals surface area (Å²) in [4.78, 5) is 0. The van der Waals surface area contributed by atoms with E-state index in [4.69, 9.17) is 10.6 Å². The lowest BCUT2D eigenvalue weighted by molar-refractivity contribution is -0.0623. The molecule has 3 nitrogen and oxygen atoms in total. The Labute approximate surface area is 124 Å². The third-order valence-electron chi connectivity index (χ3n) is 4.39. The van der Waals surface area contributed by atoms with E-state index in [2.05, 4.69) is 42.0 Å². The van der Waals surface area contributed by atoms with Crippen molar-refractivity contribution in [2.75, 3.05) is 6.61 Å². The first kappa shape index (κ1) is 14.0. The average Bonchev–Trinajstić information content (AvgIpc) is 3.10. The van der Waals surface area contributed by atoms with Crippen LogP contribution in [0.2, 0.25) is 0 Å². The highest BCUT2D eigenvalue weighted by molar-refractivity contribution is 7.17. The summed E-state index contributed by atoms with van der Waals surface area (Å²) in [5, 5.41) is 3.43. The van der Waals surface area contributed by atoms with Gasteiger partial charge in [-0.05, 0) is 42.2 Å². The molecule has 1 aromatic heterocycles. The monoisotopic (exact) mass is 290 g/mol. The summed E-state index contributed by atoms with van der Waals surface area (Å²) < 4.78 is 7.51. The van der Waals surface area contributed by atoms with Gasteiger partial charge in [-0.25, -0.2) is 0 Å². The van der Waals surface area contributed by atoms with Crippen LogP contribution in [0.5, 0.6) is 0 Å². The second kappa shape index (κ2) is 5.82. The molecule has 1 heterocycles. The molecule has 4 heteroatoms. The number of rotatable bonds is 5. The van der Waals surface area contributed by atoms with E-state index >= 15 is 0 Å². The van der Waals surface area contributed by atoms with Crippen molar-refractivity contribution in [1.29, 1.82) is 0 Å². The minimum atomic E-state index is -0.151. The van der Waals surface area contributed by atoms with Crippen LogP contribution in [0.25, 0.3) is 10.1 Å². The molecule has 0 radical (unpaired) electrons. The normalized spacial score (nSPS) is 19.5. The van der Waals surface area contributed by atoms with E-state index in [0.29, 0.717) is 0 Å². The zero-order chi connectivity index (χ0) is 14.0. The number of hydrazine groups is 1. The van der Waals surface area contributed by atoms with Gasteiger partial charge < -0.3 is 4.74 Å². The Kier molecular flexibility index (Phi) is 4.08. The summed E-state index contributed by atoms with van der Waals surface area (Å²) in [5.41, 5.74) is 4.17. The number of nitrogens with one attached hydrogen (secondary N) is 1. The minimum absolute atomic E-state index is 0.0623. The summed E-state index contributed by atoms with van der Waals surface area (Å²) in [5.74, 6) is 5.93. The van der Waals surface area contributed by atoms with Gasteiger partial charge in [-0.3, -0.25) is 11.3 Å². The second-order valence-electron chi connectivity index (χ2n) is 5.49. The topological polar surface area (TPSA) is 47.3 Å². The first-order valence-corrected chi connectivity index (χ1v) is 8.25. The van der Waals surface area contributed by atoms with Gasteiger partial charge in [0.15, 0.2) is 0 Å². The lowest BCUT2D eigenvalue weighted by atomic mass is 9.86. The minimum Gasteiger partial charge on any atom is -0.373 e. The summed E-state index contributed by atoms with van der Waals surface area (Å²) in [6, 6.07) is 8.68. The fourth-order valence-corrected chi connectivity index (χ4v) is 4.49. The van der Waals surface area contributed by atoms with E-state index in [9.17, 15) is 0 Å². The lowest BCUT2D eigenvalue weighted by Crippen LogP contribution is -2.47. The molecule has 1 aliphatic rings. The SMILES string of the molecule is CCOC1(C(NN)c2cccc3ccsc23)CCCC1. The van der Waals surface area contributed by atoms with E-state index in [-0.39, 0.29) is 11.6 Å². The largest absolute Gasteiger partial charge is 0.373 e. The third-order valence-corrected chi connectivity index (χ3v) is 5.37. The first-order chi connectivity index (χ1) is 9.80. The van der Waals surface area contributed by atoms with E-state index in [1.807, 2.05) is 0 Å². The smallest absolute Gasteiger partial charge is 0.0889 e. The van der Waals surface area contributed by atoms with Crippen molar-refractivity contribution >= 4 is 21.4 Å². The van der Waals surface area contributed by atoms with Crippen LogP contribution in [0.1, 0.15) is 44.2 Å². The molecule has 2 aromatic rings. The van der Waals surface area contributed by atoms with Crippen LogP contribution < -0.4 is 11.3 Å². The fraction of sp³-hybridized carbons (Fsp3) is 0.500. The molecule has 108 valence electrons. The molecule has 20 heavy (non-hydrogen) atoms. The number of hydrogen-bond donors (Lipinski definition) is 2. The van der Waals surface area contributed by atoms with E-state index in [1.54, 1.807) is 11.3 Å². The van der Waals surface area contributed by atoms with Crippen molar-refractivity contribution in [2.45, 2.75) is 44.2 Å². The predicted molar refractivity (Wildman–Crippen MR) is 84.7 cm³/mol. The number of ether oxygens (including phenoxy) is 1. The Hall–Kier alpha value is -0.940. The molecule has 1 unspecified atom stereocenters. The number of nitrogens with two attached hydrogens (primary N) is 1. The fourth-order valence-electron chi connectivity index (χ4n) is 3.55. The van der Waals surface area contributed by atoms with Gasteiger partial charge in [0, 0.05) is 11.3 Å². The molecular formula is C16H22N2OS. The summed E-state index contributed by atoms with van der Waals surface area (Å²) in [6.07, 6.45) is 4.60. The predicted octanol–water partition coefficient (Wildman–Crippen LogP) is 3.76. The molecule has 0 amide bonds. The molecule has 0 spiro atoms. The maximum absolute atomic E-state index is 6.19. The van der Waals surface area contributed by atoms with Gasteiger partial charge in [-0.15, -0.1) is 11.3 Å². The van der Waals surface area contributed by atoms with Crippen molar-refractivity contribution in [3.05, 3.63) is 35.2 Å². The lowest BCUT2D eigenvalue weighted by Gasteiger charge is -2.37. The van der Waals surface area contributed by atoms with Crippen molar-refractivity contribution < 1.29 is 4.74 Å². The van der Waals surface area contributed by atoms with Crippen LogP contribution in [0.4, 0.5) is 0 Å². The van der Waals surface area contributed by atoms with Crippen LogP contribution in [-0.4, -0.2) is 12.2 Å². The zero-order valence-corrected chi connectivity index (χ0v) is 12.7.